The molecule has 0 aromatic heterocycles. The van der Waals surface area contributed by atoms with Crippen LogP contribution in [0.5, 0.6) is 5.75 Å². The smallest absolute Gasteiger partial charge is 0.254 e. The van der Waals surface area contributed by atoms with Crippen LogP contribution in [0.15, 0.2) is 48.5 Å². The van der Waals surface area contributed by atoms with Crippen molar-refractivity contribution in [3.63, 3.8) is 0 Å². The summed E-state index contributed by atoms with van der Waals surface area (Å²) in [7, 11) is 1.61. The highest BCUT2D eigenvalue weighted by atomic mass is 35.5. The SMILES string of the molecule is COc1cccc(C(=O)N2CCN(CCc3ccc(Cl)cc3)CC2)c1.Cl. The van der Waals surface area contributed by atoms with Crippen LogP contribution in [0, 0.1) is 0 Å². The molecule has 4 nitrogen and oxygen atoms in total. The number of carbonyl (C=O) groups excluding carboxylic acids is 1. The molecule has 1 aliphatic rings. The molecule has 1 aliphatic heterocycles. The molecule has 0 radical (unpaired) electrons. The number of carbonyl (C=O) groups is 1. The molecule has 1 amide bonds. The summed E-state index contributed by atoms with van der Waals surface area (Å²) in [6.45, 7) is 4.34. The van der Waals surface area contributed by atoms with Gasteiger partial charge >= 0.3 is 0 Å². The fourth-order valence-electron chi connectivity index (χ4n) is 3.05. The molecule has 2 aromatic carbocycles. The van der Waals surface area contributed by atoms with E-state index in [-0.39, 0.29) is 18.3 Å². The van der Waals surface area contributed by atoms with Crippen molar-refractivity contribution in [1.82, 2.24) is 9.80 Å². The van der Waals surface area contributed by atoms with Gasteiger partial charge < -0.3 is 9.64 Å². The van der Waals surface area contributed by atoms with Gasteiger partial charge in [-0.3, -0.25) is 9.69 Å². The first-order valence-electron chi connectivity index (χ1n) is 8.56. The number of nitrogens with zero attached hydrogens (tertiary/aromatic N) is 2. The van der Waals surface area contributed by atoms with E-state index in [0.717, 1.165) is 44.2 Å². The summed E-state index contributed by atoms with van der Waals surface area (Å²) in [6.07, 6.45) is 1.00. The van der Waals surface area contributed by atoms with E-state index in [9.17, 15) is 4.79 Å². The Morgan fingerprint density at radius 1 is 1.08 bits per heavy atom. The number of ether oxygens (including phenoxy) is 1. The average Bonchev–Trinajstić information content (AvgIpc) is 2.67. The second kappa shape index (κ2) is 9.81. The maximum absolute atomic E-state index is 12.6. The summed E-state index contributed by atoms with van der Waals surface area (Å²) in [5, 5.41) is 0.772. The first-order valence-corrected chi connectivity index (χ1v) is 8.93. The number of methoxy groups -OCH3 is 1. The monoisotopic (exact) mass is 394 g/mol. The maximum atomic E-state index is 12.6. The Bertz CT molecular complexity index is 714. The van der Waals surface area contributed by atoms with Crippen LogP contribution in [-0.2, 0) is 6.42 Å². The van der Waals surface area contributed by atoms with Crippen molar-refractivity contribution >= 4 is 29.9 Å². The Morgan fingerprint density at radius 2 is 1.77 bits per heavy atom. The van der Waals surface area contributed by atoms with Crippen LogP contribution in [-0.4, -0.2) is 55.5 Å². The predicted molar refractivity (Wildman–Crippen MR) is 108 cm³/mol. The van der Waals surface area contributed by atoms with Gasteiger partial charge in [0.1, 0.15) is 5.75 Å². The Balaban J connectivity index is 0.00000243. The van der Waals surface area contributed by atoms with E-state index in [2.05, 4.69) is 17.0 Å². The minimum atomic E-state index is 0. The minimum absolute atomic E-state index is 0. The fourth-order valence-corrected chi connectivity index (χ4v) is 3.18. The van der Waals surface area contributed by atoms with E-state index in [1.54, 1.807) is 13.2 Å². The number of halogens is 2. The van der Waals surface area contributed by atoms with Gasteiger partial charge in [-0.05, 0) is 42.3 Å². The molecule has 1 heterocycles. The molecule has 3 rings (SSSR count). The van der Waals surface area contributed by atoms with Crippen molar-refractivity contribution in [2.24, 2.45) is 0 Å². The van der Waals surface area contributed by atoms with Crippen molar-refractivity contribution in [2.75, 3.05) is 39.8 Å². The minimum Gasteiger partial charge on any atom is -0.497 e. The largest absolute Gasteiger partial charge is 0.497 e. The lowest BCUT2D eigenvalue weighted by atomic mass is 10.1. The summed E-state index contributed by atoms with van der Waals surface area (Å²) >= 11 is 5.92. The molecule has 0 unspecified atom stereocenters. The average molecular weight is 395 g/mol. The first kappa shape index (κ1) is 20.6. The molecule has 0 saturated carbocycles. The van der Waals surface area contributed by atoms with Crippen molar-refractivity contribution in [3.8, 4) is 5.75 Å². The van der Waals surface area contributed by atoms with Crippen LogP contribution in [0.1, 0.15) is 15.9 Å². The highest BCUT2D eigenvalue weighted by molar-refractivity contribution is 6.30. The van der Waals surface area contributed by atoms with Crippen LogP contribution in [0.2, 0.25) is 5.02 Å². The molecule has 6 heteroatoms. The molecule has 0 bridgehead atoms. The van der Waals surface area contributed by atoms with Crippen LogP contribution in [0.25, 0.3) is 0 Å². The van der Waals surface area contributed by atoms with Crippen LogP contribution in [0.4, 0.5) is 0 Å². The van der Waals surface area contributed by atoms with Gasteiger partial charge in [0, 0.05) is 43.3 Å². The van der Waals surface area contributed by atoms with E-state index in [1.165, 1.54) is 5.56 Å². The molecule has 140 valence electrons. The zero-order valence-corrected chi connectivity index (χ0v) is 16.4. The second-order valence-corrected chi connectivity index (χ2v) is 6.68. The first-order chi connectivity index (χ1) is 12.2. The van der Waals surface area contributed by atoms with E-state index in [4.69, 9.17) is 16.3 Å². The summed E-state index contributed by atoms with van der Waals surface area (Å²) in [5.41, 5.74) is 1.98. The highest BCUT2D eigenvalue weighted by Crippen LogP contribution is 2.16. The standard InChI is InChI=1S/C20H23ClN2O2.ClH/c1-25-19-4-2-3-17(15-19)20(24)23-13-11-22(12-14-23)10-9-16-5-7-18(21)8-6-16;/h2-8,15H,9-14H2,1H3;1H. The van der Waals surface area contributed by atoms with Crippen molar-refractivity contribution < 1.29 is 9.53 Å². The van der Waals surface area contributed by atoms with Gasteiger partial charge in [-0.1, -0.05) is 29.8 Å². The van der Waals surface area contributed by atoms with Gasteiger partial charge in [-0.2, -0.15) is 0 Å². The molecule has 1 saturated heterocycles. The molecule has 0 spiro atoms. The third-order valence-electron chi connectivity index (χ3n) is 4.61. The van der Waals surface area contributed by atoms with Crippen LogP contribution < -0.4 is 4.74 Å². The van der Waals surface area contributed by atoms with Crippen molar-refractivity contribution in [1.29, 1.82) is 0 Å². The molecule has 1 fully saturated rings. The number of hydrogen-bond donors (Lipinski definition) is 0. The van der Waals surface area contributed by atoms with Gasteiger partial charge in [0.2, 0.25) is 0 Å². The lowest BCUT2D eigenvalue weighted by molar-refractivity contribution is 0.0638. The quantitative estimate of drug-likeness (QED) is 0.773. The summed E-state index contributed by atoms with van der Waals surface area (Å²) in [6, 6.07) is 15.4. The molecule has 26 heavy (non-hydrogen) atoms. The van der Waals surface area contributed by atoms with Gasteiger partial charge in [0.25, 0.3) is 5.91 Å². The van der Waals surface area contributed by atoms with E-state index >= 15 is 0 Å². The number of amides is 1. The summed E-state index contributed by atoms with van der Waals surface area (Å²) in [4.78, 5) is 17.0. The Labute approximate surface area is 166 Å². The fraction of sp³-hybridized carbons (Fsp3) is 0.350. The second-order valence-electron chi connectivity index (χ2n) is 6.24. The lowest BCUT2D eigenvalue weighted by Gasteiger charge is -2.34. The number of hydrogen-bond acceptors (Lipinski definition) is 3. The van der Waals surface area contributed by atoms with Gasteiger partial charge in [-0.15, -0.1) is 12.4 Å². The lowest BCUT2D eigenvalue weighted by Crippen LogP contribution is -2.49. The number of piperazine rings is 1. The van der Waals surface area contributed by atoms with E-state index in [1.807, 2.05) is 35.2 Å². The molecule has 0 N–H and O–H groups in total. The Kier molecular flexibility index (Phi) is 7.76. The topological polar surface area (TPSA) is 32.8 Å². The zero-order chi connectivity index (χ0) is 17.6. The van der Waals surface area contributed by atoms with Gasteiger partial charge in [-0.25, -0.2) is 0 Å². The highest BCUT2D eigenvalue weighted by Gasteiger charge is 2.22. The zero-order valence-electron chi connectivity index (χ0n) is 14.9. The number of benzene rings is 2. The third kappa shape index (κ3) is 5.37. The van der Waals surface area contributed by atoms with Crippen molar-refractivity contribution in [3.05, 3.63) is 64.7 Å². The van der Waals surface area contributed by atoms with E-state index < -0.39 is 0 Å². The normalized spacial score (nSPS) is 14.6. The number of rotatable bonds is 5. The Morgan fingerprint density at radius 3 is 2.42 bits per heavy atom. The molecule has 2 aromatic rings. The van der Waals surface area contributed by atoms with Crippen LogP contribution in [0.3, 0.4) is 0 Å². The van der Waals surface area contributed by atoms with Gasteiger partial charge in [0.05, 0.1) is 7.11 Å². The third-order valence-corrected chi connectivity index (χ3v) is 4.86. The molecular weight excluding hydrogens is 371 g/mol. The van der Waals surface area contributed by atoms with Crippen molar-refractivity contribution in [2.45, 2.75) is 6.42 Å². The summed E-state index contributed by atoms with van der Waals surface area (Å²) in [5.74, 6) is 0.795. The molecular formula is C20H24Cl2N2O2. The van der Waals surface area contributed by atoms with Gasteiger partial charge in [0.15, 0.2) is 0 Å². The Hall–Kier alpha value is -1.75. The van der Waals surface area contributed by atoms with E-state index in [0.29, 0.717) is 11.3 Å². The predicted octanol–water partition coefficient (Wildman–Crippen LogP) is 3.77. The molecule has 0 aliphatic carbocycles. The summed E-state index contributed by atoms with van der Waals surface area (Å²) < 4.78 is 5.20. The maximum Gasteiger partial charge on any atom is 0.254 e. The molecule has 0 atom stereocenters. The van der Waals surface area contributed by atoms with Crippen LogP contribution >= 0.6 is 24.0 Å².